The van der Waals surface area contributed by atoms with Gasteiger partial charge in [-0.1, -0.05) is 39.0 Å². The van der Waals surface area contributed by atoms with E-state index in [1.54, 1.807) is 19.1 Å². The molecule has 1 N–H and O–H groups in total. The number of amides is 1. The molecule has 8 heteroatoms. The molecule has 0 bridgehead atoms. The molecule has 4 aliphatic carbocycles. The van der Waals surface area contributed by atoms with E-state index in [0.717, 1.165) is 44.1 Å². The molecule has 3 fully saturated rings. The average Bonchev–Trinajstić information content (AvgIpc) is 3.36. The van der Waals surface area contributed by atoms with Crippen LogP contribution in [0.2, 0.25) is 0 Å². The Labute approximate surface area is 255 Å². The second-order valence-electron chi connectivity index (χ2n) is 13.6. The molecule has 5 rings (SSSR count). The zero-order valence-electron chi connectivity index (χ0n) is 26.3. The molecule has 0 radical (unpaired) electrons. The van der Waals surface area contributed by atoms with Crippen LogP contribution in [0.15, 0.2) is 41.6 Å². The molecule has 1 amide bonds. The number of hydrogen-bond acceptors (Lipinski definition) is 7. The largest absolute Gasteiger partial charge is 0.469 e. The Bertz CT molecular complexity index is 1270. The number of hydrogen-bond donors (Lipinski definition) is 1. The number of carbonyl (C=O) groups excluding carboxylic acids is 4. The van der Waals surface area contributed by atoms with Gasteiger partial charge in [0.25, 0.3) is 0 Å². The van der Waals surface area contributed by atoms with Crippen molar-refractivity contribution in [3.63, 3.8) is 0 Å². The van der Waals surface area contributed by atoms with Gasteiger partial charge in [-0.25, -0.2) is 9.59 Å². The van der Waals surface area contributed by atoms with E-state index >= 15 is 0 Å². The number of Topliss-reactive ketones (excluding diaryl/α,β-unsaturated/α-hetero) is 1. The van der Waals surface area contributed by atoms with E-state index in [1.807, 2.05) is 18.2 Å². The molecule has 0 saturated heterocycles. The summed E-state index contributed by atoms with van der Waals surface area (Å²) in [5.41, 5.74) is 1.14. The molecule has 234 valence electrons. The van der Waals surface area contributed by atoms with E-state index in [0.29, 0.717) is 30.5 Å². The van der Waals surface area contributed by atoms with Gasteiger partial charge in [0.1, 0.15) is 6.10 Å². The summed E-state index contributed by atoms with van der Waals surface area (Å²) >= 11 is 0. The number of alkyl carbamates (subject to hydrolysis) is 1. The van der Waals surface area contributed by atoms with Crippen LogP contribution in [0.3, 0.4) is 0 Å². The maximum absolute atomic E-state index is 14.7. The molecule has 3 unspecified atom stereocenters. The Morgan fingerprint density at radius 1 is 1.05 bits per heavy atom. The van der Waals surface area contributed by atoms with Crippen LogP contribution < -0.4 is 5.32 Å². The number of allylic oxidation sites excluding steroid dienone is 2. The van der Waals surface area contributed by atoms with Gasteiger partial charge in [-0.15, -0.1) is 0 Å². The number of fused-ring (bicyclic) bond motifs is 5. The summed E-state index contributed by atoms with van der Waals surface area (Å²) in [6.45, 7) is 8.47. The highest BCUT2D eigenvalue weighted by Gasteiger charge is 2.63. The third kappa shape index (κ3) is 5.62. The van der Waals surface area contributed by atoms with E-state index in [1.165, 1.54) is 7.11 Å². The van der Waals surface area contributed by atoms with E-state index < -0.39 is 11.5 Å². The van der Waals surface area contributed by atoms with Crippen LogP contribution in [0.25, 0.3) is 0 Å². The zero-order valence-corrected chi connectivity index (χ0v) is 26.3. The van der Waals surface area contributed by atoms with Crippen LogP contribution in [0.1, 0.15) is 95.8 Å². The summed E-state index contributed by atoms with van der Waals surface area (Å²) in [5.74, 6) is 0.330. The van der Waals surface area contributed by atoms with Crippen LogP contribution in [0.4, 0.5) is 4.79 Å². The number of ketones is 1. The maximum atomic E-state index is 14.7. The van der Waals surface area contributed by atoms with E-state index in [-0.39, 0.29) is 65.4 Å². The summed E-state index contributed by atoms with van der Waals surface area (Å²) in [4.78, 5) is 52.4. The van der Waals surface area contributed by atoms with Crippen LogP contribution in [-0.4, -0.2) is 43.6 Å². The second kappa shape index (κ2) is 12.4. The molecule has 0 heterocycles. The second-order valence-corrected chi connectivity index (χ2v) is 13.6. The van der Waals surface area contributed by atoms with E-state index in [4.69, 9.17) is 14.2 Å². The van der Waals surface area contributed by atoms with Crippen molar-refractivity contribution in [3.8, 4) is 0 Å². The number of methoxy groups -OCH3 is 1. The summed E-state index contributed by atoms with van der Waals surface area (Å²) < 4.78 is 16.2. The van der Waals surface area contributed by atoms with Crippen LogP contribution in [0, 0.1) is 40.4 Å². The lowest BCUT2D eigenvalue weighted by atomic mass is 9.47. The van der Waals surface area contributed by atoms with Crippen molar-refractivity contribution >= 4 is 23.8 Å². The van der Waals surface area contributed by atoms with E-state index in [9.17, 15) is 19.2 Å². The van der Waals surface area contributed by atoms with Gasteiger partial charge in [-0.3, -0.25) is 14.9 Å². The van der Waals surface area contributed by atoms with Crippen molar-refractivity contribution in [2.45, 2.75) is 91.6 Å². The highest BCUT2D eigenvalue weighted by molar-refractivity contribution is 6.04. The molecule has 8 atom stereocenters. The molecular weight excluding hydrogens is 546 g/mol. The van der Waals surface area contributed by atoms with Crippen molar-refractivity contribution in [1.29, 1.82) is 0 Å². The number of ether oxygens (including phenoxy) is 3. The Balaban J connectivity index is 1.45. The Morgan fingerprint density at radius 3 is 2.49 bits per heavy atom. The SMILES string of the molecule is CCOC(=O)NC1=C2C(CC[C@@H]3C[C@H](OC(=O)c4ccccc4)CC[C@]23C)C2CC[C@H](C(C)CCC(=O)OC)[C@@]2(C)C1=O. The first kappa shape index (κ1) is 31.3. The van der Waals surface area contributed by atoms with Crippen LogP contribution in [0.5, 0.6) is 0 Å². The number of esters is 2. The molecule has 1 aromatic carbocycles. The van der Waals surface area contributed by atoms with Crippen molar-refractivity contribution in [3.05, 3.63) is 47.2 Å². The minimum atomic E-state index is -0.635. The summed E-state index contributed by atoms with van der Waals surface area (Å²) in [6, 6.07) is 9.09. The van der Waals surface area contributed by atoms with Gasteiger partial charge in [0.2, 0.25) is 0 Å². The minimum absolute atomic E-state index is 0.00345. The Kier molecular flexibility index (Phi) is 9.05. The quantitative estimate of drug-likeness (QED) is 0.266. The highest BCUT2D eigenvalue weighted by Crippen LogP contribution is 2.66. The van der Waals surface area contributed by atoms with E-state index in [2.05, 4.69) is 26.1 Å². The molecule has 43 heavy (non-hydrogen) atoms. The molecule has 8 nitrogen and oxygen atoms in total. The average molecular weight is 594 g/mol. The topological polar surface area (TPSA) is 108 Å². The van der Waals surface area contributed by atoms with Gasteiger partial charge in [-0.05, 0) is 111 Å². The van der Waals surface area contributed by atoms with Crippen molar-refractivity contribution < 1.29 is 33.4 Å². The molecule has 0 aromatic heterocycles. The van der Waals surface area contributed by atoms with Gasteiger partial charge in [0, 0.05) is 11.8 Å². The van der Waals surface area contributed by atoms with Crippen LogP contribution >= 0.6 is 0 Å². The first-order chi connectivity index (χ1) is 20.5. The summed E-state index contributed by atoms with van der Waals surface area (Å²) in [6.07, 6.45) is 6.23. The molecule has 4 aliphatic rings. The monoisotopic (exact) mass is 593 g/mol. The van der Waals surface area contributed by atoms with Crippen molar-refractivity contribution in [2.75, 3.05) is 13.7 Å². The predicted molar refractivity (Wildman–Crippen MR) is 161 cm³/mol. The first-order valence-corrected chi connectivity index (χ1v) is 16.1. The normalized spacial score (nSPS) is 33.9. The van der Waals surface area contributed by atoms with Gasteiger partial charge in [0.15, 0.2) is 5.78 Å². The van der Waals surface area contributed by atoms with Gasteiger partial charge >= 0.3 is 18.0 Å². The van der Waals surface area contributed by atoms with Gasteiger partial charge in [0.05, 0.1) is 25.0 Å². The van der Waals surface area contributed by atoms with Crippen molar-refractivity contribution in [2.24, 2.45) is 40.4 Å². The maximum Gasteiger partial charge on any atom is 0.411 e. The zero-order chi connectivity index (χ0) is 30.9. The Morgan fingerprint density at radius 2 is 1.79 bits per heavy atom. The number of benzene rings is 1. The lowest BCUT2D eigenvalue weighted by Gasteiger charge is -2.57. The molecular formula is C35H47NO7. The number of nitrogens with one attached hydrogen (secondary N) is 1. The fourth-order valence-corrected chi connectivity index (χ4v) is 9.37. The third-order valence-corrected chi connectivity index (χ3v) is 11.6. The van der Waals surface area contributed by atoms with Crippen LogP contribution in [-0.2, 0) is 23.8 Å². The molecule has 0 aliphatic heterocycles. The fraction of sp³-hybridized carbons (Fsp3) is 0.657. The van der Waals surface area contributed by atoms with Gasteiger partial charge < -0.3 is 14.2 Å². The molecule has 0 spiro atoms. The summed E-state index contributed by atoms with van der Waals surface area (Å²) in [5, 5.41) is 2.96. The fourth-order valence-electron chi connectivity index (χ4n) is 9.37. The van der Waals surface area contributed by atoms with Gasteiger partial charge in [-0.2, -0.15) is 0 Å². The predicted octanol–water partition coefficient (Wildman–Crippen LogP) is 6.63. The Hall–Kier alpha value is -3.16. The first-order valence-electron chi connectivity index (χ1n) is 16.1. The summed E-state index contributed by atoms with van der Waals surface area (Å²) in [7, 11) is 1.40. The lowest BCUT2D eigenvalue weighted by Crippen LogP contribution is -2.56. The van der Waals surface area contributed by atoms with Crippen molar-refractivity contribution in [1.82, 2.24) is 5.32 Å². The molecule has 3 saturated carbocycles. The molecule has 1 aromatic rings. The third-order valence-electron chi connectivity index (χ3n) is 11.6. The standard InChI is InChI=1S/C35H47NO7/c1-6-42-33(40)36-30-29-25(27-16-15-26(35(27,4)31(30)38)21(2)12-17-28(37)41-5)14-13-23-20-24(18-19-34(23,29)3)43-32(39)22-10-8-7-9-11-22/h7-11,21,23-27H,6,12-20H2,1-5H3,(H,36,40)/t21?,23-,24-,25?,26-,27?,34+,35-/m1/s1. The number of rotatable bonds is 8. The smallest absolute Gasteiger partial charge is 0.411 e. The number of carbonyl (C=O) groups is 4. The highest BCUT2D eigenvalue weighted by atomic mass is 16.5. The minimum Gasteiger partial charge on any atom is -0.469 e. The lowest BCUT2D eigenvalue weighted by molar-refractivity contribution is -0.141.